The van der Waals surface area contributed by atoms with Crippen LogP contribution in [0, 0.1) is 5.92 Å². The predicted molar refractivity (Wildman–Crippen MR) is 69.6 cm³/mol. The highest BCUT2D eigenvalue weighted by Gasteiger charge is 2.43. The van der Waals surface area contributed by atoms with Gasteiger partial charge in [0.05, 0.1) is 5.92 Å². The second-order valence-corrected chi connectivity index (χ2v) is 8.18. The average molecular weight is 378 g/mol. The van der Waals surface area contributed by atoms with Crippen LogP contribution >= 0.6 is 27.3 Å². The van der Waals surface area contributed by atoms with Gasteiger partial charge in [-0.1, -0.05) is 0 Å². The molecule has 0 atom stereocenters. The summed E-state index contributed by atoms with van der Waals surface area (Å²) >= 11 is 4.19. The topological polar surface area (TPSA) is 37.4 Å². The molecule has 1 saturated heterocycles. The van der Waals surface area contributed by atoms with Crippen LogP contribution in [-0.2, 0) is 10.0 Å². The van der Waals surface area contributed by atoms with Crippen molar-refractivity contribution in [2.75, 3.05) is 13.1 Å². The Morgan fingerprint density at radius 2 is 1.89 bits per heavy atom. The third kappa shape index (κ3) is 3.14. The van der Waals surface area contributed by atoms with E-state index in [1.807, 2.05) is 0 Å². The van der Waals surface area contributed by atoms with E-state index in [2.05, 4.69) is 15.9 Å². The molecule has 1 aliphatic heterocycles. The summed E-state index contributed by atoms with van der Waals surface area (Å²) in [5.74, 6) is -1.40. The summed E-state index contributed by atoms with van der Waals surface area (Å²) in [6.07, 6.45) is -4.59. The Bertz CT molecular complexity index is 547. The zero-order valence-corrected chi connectivity index (χ0v) is 12.9. The third-order valence-corrected chi connectivity index (χ3v) is 7.62. The van der Waals surface area contributed by atoms with Gasteiger partial charge in [-0.15, -0.1) is 11.3 Å². The van der Waals surface area contributed by atoms with Gasteiger partial charge >= 0.3 is 6.18 Å². The van der Waals surface area contributed by atoms with E-state index >= 15 is 0 Å². The summed E-state index contributed by atoms with van der Waals surface area (Å²) in [5.41, 5.74) is 0. The number of nitrogens with zero attached hydrogens (tertiary/aromatic N) is 1. The van der Waals surface area contributed by atoms with Gasteiger partial charge in [-0.2, -0.15) is 17.5 Å². The van der Waals surface area contributed by atoms with Crippen LogP contribution in [0.4, 0.5) is 13.2 Å². The van der Waals surface area contributed by atoms with Crippen LogP contribution in [-0.4, -0.2) is 32.0 Å². The van der Waals surface area contributed by atoms with E-state index in [1.54, 1.807) is 11.4 Å². The highest BCUT2D eigenvalue weighted by Crippen LogP contribution is 2.37. The van der Waals surface area contributed by atoms with Gasteiger partial charge in [0.2, 0.25) is 0 Å². The minimum absolute atomic E-state index is 0.0865. The molecule has 0 aromatic carbocycles. The van der Waals surface area contributed by atoms with Gasteiger partial charge in [0.25, 0.3) is 10.0 Å². The molecule has 0 spiro atoms. The molecule has 0 radical (unpaired) electrons. The molecule has 1 fully saturated rings. The fourth-order valence-electron chi connectivity index (χ4n) is 2.00. The van der Waals surface area contributed by atoms with E-state index in [0.717, 1.165) is 15.6 Å². The van der Waals surface area contributed by atoms with Crippen molar-refractivity contribution >= 4 is 37.3 Å². The first kappa shape index (κ1) is 15.3. The molecular formula is C10H11BrF3NO2S2. The lowest BCUT2D eigenvalue weighted by Crippen LogP contribution is -2.41. The highest BCUT2D eigenvalue weighted by atomic mass is 79.9. The van der Waals surface area contributed by atoms with E-state index in [9.17, 15) is 21.6 Å². The van der Waals surface area contributed by atoms with E-state index in [-0.39, 0.29) is 30.1 Å². The van der Waals surface area contributed by atoms with Gasteiger partial charge in [-0.3, -0.25) is 0 Å². The van der Waals surface area contributed by atoms with Crippen LogP contribution in [0.5, 0.6) is 0 Å². The van der Waals surface area contributed by atoms with Crippen molar-refractivity contribution in [2.45, 2.75) is 23.2 Å². The van der Waals surface area contributed by atoms with Crippen LogP contribution in [0.1, 0.15) is 12.8 Å². The molecule has 2 heterocycles. The van der Waals surface area contributed by atoms with E-state index in [1.165, 1.54) is 0 Å². The fourth-order valence-corrected chi connectivity index (χ4v) is 5.92. The van der Waals surface area contributed by atoms with Crippen molar-refractivity contribution in [3.63, 3.8) is 0 Å². The Kier molecular flexibility index (Phi) is 4.29. The Labute approximate surface area is 121 Å². The predicted octanol–water partition coefficient (Wildman–Crippen LogP) is 3.47. The van der Waals surface area contributed by atoms with Crippen molar-refractivity contribution < 1.29 is 21.6 Å². The Hall–Kier alpha value is -0.120. The summed E-state index contributed by atoms with van der Waals surface area (Å²) in [6.45, 7) is -0.173. The maximum Gasteiger partial charge on any atom is 0.391 e. The second-order valence-electron chi connectivity index (χ2n) is 4.28. The van der Waals surface area contributed by atoms with Crippen LogP contribution in [0.3, 0.4) is 0 Å². The van der Waals surface area contributed by atoms with Crippen LogP contribution < -0.4 is 0 Å². The first-order valence-corrected chi connectivity index (χ1v) is 8.64. The van der Waals surface area contributed by atoms with Gasteiger partial charge in [0.1, 0.15) is 4.21 Å². The quantitative estimate of drug-likeness (QED) is 0.791. The van der Waals surface area contributed by atoms with Gasteiger partial charge in [-0.05, 0) is 40.2 Å². The van der Waals surface area contributed by atoms with E-state index in [4.69, 9.17) is 0 Å². The van der Waals surface area contributed by atoms with Crippen molar-refractivity contribution in [2.24, 2.45) is 5.92 Å². The zero-order chi connectivity index (χ0) is 14.3. The highest BCUT2D eigenvalue weighted by molar-refractivity contribution is 9.10. The van der Waals surface area contributed by atoms with Crippen LogP contribution in [0.2, 0.25) is 0 Å². The molecule has 0 aliphatic carbocycles. The molecule has 0 amide bonds. The molecule has 3 nitrogen and oxygen atoms in total. The Morgan fingerprint density at radius 1 is 1.32 bits per heavy atom. The minimum Gasteiger partial charge on any atom is -0.206 e. The molecule has 0 saturated carbocycles. The Morgan fingerprint density at radius 3 is 2.32 bits per heavy atom. The molecule has 19 heavy (non-hydrogen) atoms. The molecular weight excluding hydrogens is 367 g/mol. The first-order chi connectivity index (χ1) is 8.73. The lowest BCUT2D eigenvalue weighted by molar-refractivity contribution is -0.182. The molecule has 2 rings (SSSR count). The number of piperidine rings is 1. The molecule has 0 N–H and O–H groups in total. The lowest BCUT2D eigenvalue weighted by Gasteiger charge is -2.31. The molecule has 9 heteroatoms. The van der Waals surface area contributed by atoms with Crippen molar-refractivity contribution in [3.05, 3.63) is 15.9 Å². The monoisotopic (exact) mass is 377 g/mol. The summed E-state index contributed by atoms with van der Waals surface area (Å²) < 4.78 is 63.8. The summed E-state index contributed by atoms with van der Waals surface area (Å²) in [7, 11) is -3.68. The molecule has 108 valence electrons. The van der Waals surface area contributed by atoms with Crippen molar-refractivity contribution in [3.8, 4) is 0 Å². The number of hydrogen-bond donors (Lipinski definition) is 0. The number of hydrogen-bond acceptors (Lipinski definition) is 3. The first-order valence-electron chi connectivity index (χ1n) is 5.53. The Balaban J connectivity index is 2.12. The zero-order valence-electron chi connectivity index (χ0n) is 9.65. The maximum atomic E-state index is 12.5. The van der Waals surface area contributed by atoms with Gasteiger partial charge < -0.3 is 0 Å². The van der Waals surface area contributed by atoms with Crippen molar-refractivity contribution in [1.82, 2.24) is 4.31 Å². The standard InChI is InChI=1S/C10H11BrF3NO2S2/c11-8-3-6-18-9(8)19(16,17)15-4-1-7(2-5-15)10(12,13)14/h3,6-7H,1-2,4-5H2. The molecule has 1 aromatic heterocycles. The van der Waals surface area contributed by atoms with Gasteiger partial charge in [-0.25, -0.2) is 8.42 Å². The smallest absolute Gasteiger partial charge is 0.206 e. The van der Waals surface area contributed by atoms with Gasteiger partial charge in [0, 0.05) is 17.6 Å². The molecule has 1 aliphatic rings. The summed E-state index contributed by atoms with van der Waals surface area (Å²) in [6, 6.07) is 1.61. The molecule has 0 unspecified atom stereocenters. The fraction of sp³-hybridized carbons (Fsp3) is 0.600. The SMILES string of the molecule is O=S(=O)(c1sccc1Br)N1CCC(C(F)(F)F)CC1. The van der Waals surface area contributed by atoms with E-state index < -0.39 is 22.1 Å². The largest absolute Gasteiger partial charge is 0.391 e. The number of halogens is 4. The normalized spacial score (nSPS) is 19.8. The molecule has 1 aromatic rings. The van der Waals surface area contributed by atoms with Crippen LogP contribution in [0.25, 0.3) is 0 Å². The van der Waals surface area contributed by atoms with Crippen molar-refractivity contribution in [1.29, 1.82) is 0 Å². The minimum atomic E-state index is -4.24. The summed E-state index contributed by atoms with van der Waals surface area (Å²) in [4.78, 5) is 0. The van der Waals surface area contributed by atoms with Gasteiger partial charge in [0.15, 0.2) is 0 Å². The average Bonchev–Trinajstić information content (AvgIpc) is 2.75. The lowest BCUT2D eigenvalue weighted by atomic mass is 9.98. The second kappa shape index (κ2) is 5.34. The number of sulfonamides is 1. The third-order valence-electron chi connectivity index (χ3n) is 3.08. The number of rotatable bonds is 2. The van der Waals surface area contributed by atoms with Crippen LogP contribution in [0.15, 0.2) is 20.1 Å². The number of alkyl halides is 3. The molecule has 0 bridgehead atoms. The maximum absolute atomic E-state index is 12.5. The van der Waals surface area contributed by atoms with E-state index in [0.29, 0.717) is 4.47 Å². The number of thiophene rings is 1. The summed E-state index contributed by atoms with van der Waals surface area (Å²) in [5, 5.41) is 1.62.